The molecular weight excluding hydrogens is 194 g/mol. The molecule has 0 amide bonds. The second kappa shape index (κ2) is 4.49. The lowest BCUT2D eigenvalue weighted by atomic mass is 9.81. The molecule has 0 radical (unpaired) electrons. The third kappa shape index (κ3) is 2.32. The van der Waals surface area contributed by atoms with Gasteiger partial charge in [-0.3, -0.25) is 4.79 Å². The Kier molecular flexibility index (Phi) is 3.26. The van der Waals surface area contributed by atoms with Crippen molar-refractivity contribution in [3.8, 4) is 0 Å². The van der Waals surface area contributed by atoms with Crippen molar-refractivity contribution >= 4 is 5.97 Å². The third-order valence-electron chi connectivity index (χ3n) is 3.58. The number of carbonyl (C=O) groups is 1. The maximum atomic E-state index is 11.1. The summed E-state index contributed by atoms with van der Waals surface area (Å²) in [6.45, 7) is 0. The Morgan fingerprint density at radius 2 is 2.33 bits per heavy atom. The third-order valence-corrected chi connectivity index (χ3v) is 3.58. The first kappa shape index (κ1) is 10.9. The Hall–Kier alpha value is -0.610. The van der Waals surface area contributed by atoms with Gasteiger partial charge < -0.3 is 15.2 Å². The second-order valence-electron chi connectivity index (χ2n) is 4.57. The topological polar surface area (TPSA) is 61.5 Å². The van der Waals surface area contributed by atoms with Crippen molar-refractivity contribution in [2.75, 3.05) is 7.11 Å². The molecule has 4 atom stereocenters. The average Bonchev–Trinajstić information content (AvgIpc) is 2.62. The highest BCUT2D eigenvalue weighted by atomic mass is 16.5. The zero-order valence-electron chi connectivity index (χ0n) is 9.15. The fraction of sp³-hybridized carbons (Fsp3) is 0.909. The van der Waals surface area contributed by atoms with E-state index in [0.717, 1.165) is 25.7 Å². The van der Waals surface area contributed by atoms with Gasteiger partial charge in [0.05, 0.1) is 25.7 Å². The smallest absolute Gasteiger partial charge is 0.308 e. The van der Waals surface area contributed by atoms with Gasteiger partial charge in [0.25, 0.3) is 0 Å². The Bertz CT molecular complexity index is 244. The van der Waals surface area contributed by atoms with Gasteiger partial charge in [-0.1, -0.05) is 0 Å². The molecule has 2 N–H and O–H groups in total. The van der Waals surface area contributed by atoms with Crippen molar-refractivity contribution in [2.45, 2.75) is 50.4 Å². The fourth-order valence-electron chi connectivity index (χ4n) is 2.76. The minimum Gasteiger partial charge on any atom is -0.469 e. The summed E-state index contributed by atoms with van der Waals surface area (Å²) < 4.78 is 10.5. The summed E-state index contributed by atoms with van der Waals surface area (Å²) in [4.78, 5) is 11.1. The van der Waals surface area contributed by atoms with E-state index in [9.17, 15) is 4.79 Å². The molecule has 1 saturated heterocycles. The Morgan fingerprint density at radius 3 is 3.00 bits per heavy atom. The van der Waals surface area contributed by atoms with Gasteiger partial charge in [0.15, 0.2) is 0 Å². The Morgan fingerprint density at radius 1 is 1.53 bits per heavy atom. The van der Waals surface area contributed by atoms with Crippen LogP contribution < -0.4 is 5.73 Å². The summed E-state index contributed by atoms with van der Waals surface area (Å²) in [5.41, 5.74) is 6.05. The van der Waals surface area contributed by atoms with Crippen LogP contribution in [0, 0.1) is 5.92 Å². The summed E-state index contributed by atoms with van der Waals surface area (Å²) >= 11 is 0. The van der Waals surface area contributed by atoms with E-state index < -0.39 is 0 Å². The average molecular weight is 213 g/mol. The summed E-state index contributed by atoms with van der Waals surface area (Å²) in [7, 11) is 1.41. The summed E-state index contributed by atoms with van der Waals surface area (Å²) in [6, 6.07) is 0.256. The van der Waals surface area contributed by atoms with Crippen LogP contribution in [0.3, 0.4) is 0 Å². The largest absolute Gasteiger partial charge is 0.469 e. The van der Waals surface area contributed by atoms with E-state index in [1.807, 2.05) is 0 Å². The van der Waals surface area contributed by atoms with Crippen molar-refractivity contribution < 1.29 is 14.3 Å². The van der Waals surface area contributed by atoms with E-state index in [4.69, 9.17) is 10.5 Å². The lowest BCUT2D eigenvalue weighted by Crippen LogP contribution is -2.38. The minimum absolute atomic E-state index is 0.0246. The van der Waals surface area contributed by atoms with Gasteiger partial charge in [0.2, 0.25) is 0 Å². The molecule has 0 spiro atoms. The number of rotatable bonds is 2. The predicted molar refractivity (Wildman–Crippen MR) is 55.2 cm³/mol. The lowest BCUT2D eigenvalue weighted by molar-refractivity contribution is -0.143. The second-order valence-corrected chi connectivity index (χ2v) is 4.57. The molecule has 0 aromatic heterocycles. The lowest BCUT2D eigenvalue weighted by Gasteiger charge is -2.29. The van der Waals surface area contributed by atoms with Crippen molar-refractivity contribution in [3.63, 3.8) is 0 Å². The molecule has 15 heavy (non-hydrogen) atoms. The molecule has 1 aliphatic heterocycles. The van der Waals surface area contributed by atoms with Gasteiger partial charge in [-0.25, -0.2) is 0 Å². The number of carbonyl (C=O) groups excluding carboxylic acids is 1. The van der Waals surface area contributed by atoms with Crippen LogP contribution in [0.2, 0.25) is 0 Å². The molecule has 0 aromatic rings. The molecule has 2 aliphatic rings. The predicted octanol–water partition coefficient (Wildman–Crippen LogP) is 0.834. The van der Waals surface area contributed by atoms with Crippen molar-refractivity contribution in [1.29, 1.82) is 0 Å². The molecule has 1 aliphatic carbocycles. The van der Waals surface area contributed by atoms with E-state index in [0.29, 0.717) is 12.3 Å². The Balaban J connectivity index is 1.89. The summed E-state index contributed by atoms with van der Waals surface area (Å²) in [5.74, 6) is 0.264. The molecule has 0 aromatic carbocycles. The van der Waals surface area contributed by atoms with Gasteiger partial charge in [-0.2, -0.15) is 0 Å². The molecule has 4 heteroatoms. The van der Waals surface area contributed by atoms with Crippen LogP contribution in [-0.4, -0.2) is 31.3 Å². The zero-order valence-corrected chi connectivity index (χ0v) is 9.15. The van der Waals surface area contributed by atoms with Crippen LogP contribution in [0.1, 0.15) is 32.1 Å². The molecule has 2 rings (SSSR count). The highest BCUT2D eigenvalue weighted by molar-refractivity contribution is 5.69. The van der Waals surface area contributed by atoms with Gasteiger partial charge in [0, 0.05) is 12.0 Å². The fourth-order valence-corrected chi connectivity index (χ4v) is 2.76. The molecule has 1 heterocycles. The van der Waals surface area contributed by atoms with Gasteiger partial charge in [-0.15, -0.1) is 0 Å². The summed E-state index contributed by atoms with van der Waals surface area (Å²) in [5, 5.41) is 0. The van der Waals surface area contributed by atoms with Crippen LogP contribution >= 0.6 is 0 Å². The zero-order chi connectivity index (χ0) is 10.8. The molecule has 86 valence electrons. The number of ether oxygens (including phenoxy) is 2. The van der Waals surface area contributed by atoms with E-state index in [1.165, 1.54) is 7.11 Å². The van der Waals surface area contributed by atoms with E-state index in [2.05, 4.69) is 4.74 Å². The van der Waals surface area contributed by atoms with Gasteiger partial charge in [0.1, 0.15) is 0 Å². The monoisotopic (exact) mass is 213 g/mol. The van der Waals surface area contributed by atoms with E-state index in [1.54, 1.807) is 0 Å². The number of hydrogen-bond donors (Lipinski definition) is 1. The highest BCUT2D eigenvalue weighted by Gasteiger charge is 2.41. The number of fused-ring (bicyclic) bond motifs is 1. The molecule has 1 saturated carbocycles. The molecule has 4 nitrogen and oxygen atoms in total. The molecule has 0 bridgehead atoms. The SMILES string of the molecule is COC(=O)CC1CC2C(N)CCCC2O1. The number of methoxy groups -OCH3 is 1. The van der Waals surface area contributed by atoms with Crippen LogP contribution in [-0.2, 0) is 14.3 Å². The normalized spacial score (nSPS) is 39.9. The number of hydrogen-bond acceptors (Lipinski definition) is 4. The van der Waals surface area contributed by atoms with Gasteiger partial charge >= 0.3 is 5.97 Å². The van der Waals surface area contributed by atoms with Crippen molar-refractivity contribution in [2.24, 2.45) is 11.7 Å². The van der Waals surface area contributed by atoms with E-state index in [-0.39, 0.29) is 24.2 Å². The first-order valence-corrected chi connectivity index (χ1v) is 5.68. The molecule has 2 fully saturated rings. The van der Waals surface area contributed by atoms with Crippen molar-refractivity contribution in [1.82, 2.24) is 0 Å². The minimum atomic E-state index is -0.188. The highest BCUT2D eigenvalue weighted by Crippen LogP contribution is 2.37. The number of nitrogens with two attached hydrogens (primary N) is 1. The van der Waals surface area contributed by atoms with Crippen LogP contribution in [0.4, 0.5) is 0 Å². The van der Waals surface area contributed by atoms with Crippen LogP contribution in [0.5, 0.6) is 0 Å². The quantitative estimate of drug-likeness (QED) is 0.690. The molecular formula is C11H19NO3. The first-order valence-electron chi connectivity index (χ1n) is 5.68. The van der Waals surface area contributed by atoms with Crippen LogP contribution in [0.15, 0.2) is 0 Å². The maximum absolute atomic E-state index is 11.1. The Labute approximate surface area is 90.1 Å². The van der Waals surface area contributed by atoms with Crippen molar-refractivity contribution in [3.05, 3.63) is 0 Å². The van der Waals surface area contributed by atoms with E-state index >= 15 is 0 Å². The standard InChI is InChI=1S/C11H19NO3/c1-14-11(13)6-7-5-8-9(12)3-2-4-10(8)15-7/h7-10H,2-6,12H2,1H3. The van der Waals surface area contributed by atoms with Gasteiger partial charge in [-0.05, 0) is 25.7 Å². The van der Waals surface area contributed by atoms with Crippen LogP contribution in [0.25, 0.3) is 0 Å². The first-order chi connectivity index (χ1) is 7.20. The summed E-state index contributed by atoms with van der Waals surface area (Å²) in [6.07, 6.45) is 4.93. The molecule has 4 unspecified atom stereocenters. The maximum Gasteiger partial charge on any atom is 0.308 e. The number of esters is 1.